The molecule has 0 bridgehead atoms. The zero-order chi connectivity index (χ0) is 14.7. The van der Waals surface area contributed by atoms with Gasteiger partial charge >= 0.3 is 0 Å². The van der Waals surface area contributed by atoms with E-state index in [4.69, 9.17) is 0 Å². The second-order valence-corrected chi connectivity index (χ2v) is 4.59. The van der Waals surface area contributed by atoms with Gasteiger partial charge in [0.15, 0.2) is 0 Å². The van der Waals surface area contributed by atoms with Crippen molar-refractivity contribution in [2.24, 2.45) is 12.1 Å². The Balaban J connectivity index is 2.04. The lowest BCUT2D eigenvalue weighted by atomic mass is 10.2. The molecule has 0 unspecified atom stereocenters. The number of carbonyl (C=O) groups excluding carboxylic acids is 1. The van der Waals surface area contributed by atoms with Gasteiger partial charge < -0.3 is 4.57 Å². The van der Waals surface area contributed by atoms with Crippen LogP contribution in [0.25, 0.3) is 0 Å². The molecule has 0 aliphatic rings. The number of rotatable bonds is 3. The van der Waals surface area contributed by atoms with Crippen LogP contribution in [0.15, 0.2) is 35.4 Å². The molecule has 0 spiro atoms. The number of halogens is 1. The van der Waals surface area contributed by atoms with Crippen molar-refractivity contribution >= 4 is 12.1 Å². The van der Waals surface area contributed by atoms with E-state index in [0.29, 0.717) is 5.56 Å². The van der Waals surface area contributed by atoms with Crippen molar-refractivity contribution in [3.63, 3.8) is 0 Å². The minimum atomic E-state index is -0.375. The molecular formula is C15H16FN3O. The predicted octanol–water partition coefficient (Wildman–Crippen LogP) is 2.54. The number of nitrogens with zero attached hydrogens (tertiary/aromatic N) is 2. The average Bonchev–Trinajstić information content (AvgIpc) is 2.67. The van der Waals surface area contributed by atoms with Gasteiger partial charge in [-0.15, -0.1) is 0 Å². The molecule has 1 aromatic heterocycles. The first-order valence-electron chi connectivity index (χ1n) is 6.21. The number of aryl methyl sites for hydroxylation is 1. The maximum absolute atomic E-state index is 12.7. The summed E-state index contributed by atoms with van der Waals surface area (Å²) in [5, 5.41) is 3.92. The van der Waals surface area contributed by atoms with E-state index in [2.05, 4.69) is 10.5 Å². The molecule has 4 nitrogen and oxygen atoms in total. The molecule has 0 radical (unpaired) electrons. The van der Waals surface area contributed by atoms with E-state index in [0.717, 1.165) is 17.0 Å². The van der Waals surface area contributed by atoms with Crippen molar-refractivity contribution in [1.82, 2.24) is 9.99 Å². The number of benzene rings is 1. The van der Waals surface area contributed by atoms with Crippen molar-refractivity contribution < 1.29 is 9.18 Å². The third-order valence-corrected chi connectivity index (χ3v) is 3.29. The van der Waals surface area contributed by atoms with Crippen LogP contribution in [0.3, 0.4) is 0 Å². The van der Waals surface area contributed by atoms with Crippen molar-refractivity contribution in [3.05, 3.63) is 58.7 Å². The normalized spacial score (nSPS) is 11.0. The molecule has 2 aromatic rings. The molecule has 20 heavy (non-hydrogen) atoms. The summed E-state index contributed by atoms with van der Waals surface area (Å²) >= 11 is 0. The topological polar surface area (TPSA) is 46.4 Å². The van der Waals surface area contributed by atoms with Crippen LogP contribution in [-0.4, -0.2) is 16.7 Å². The quantitative estimate of drug-likeness (QED) is 0.678. The van der Waals surface area contributed by atoms with Crippen LogP contribution in [-0.2, 0) is 7.05 Å². The van der Waals surface area contributed by atoms with Gasteiger partial charge in [-0.3, -0.25) is 4.79 Å². The van der Waals surface area contributed by atoms with Gasteiger partial charge in [-0.1, -0.05) is 0 Å². The van der Waals surface area contributed by atoms with Crippen LogP contribution >= 0.6 is 0 Å². The lowest BCUT2D eigenvalue weighted by Gasteiger charge is -2.00. The number of hydrazone groups is 1. The highest BCUT2D eigenvalue weighted by atomic mass is 19.1. The third-order valence-electron chi connectivity index (χ3n) is 3.29. The van der Waals surface area contributed by atoms with Gasteiger partial charge in [-0.25, -0.2) is 9.82 Å². The van der Waals surface area contributed by atoms with Crippen LogP contribution in [0.1, 0.15) is 27.3 Å². The molecule has 0 atom stereocenters. The lowest BCUT2D eigenvalue weighted by molar-refractivity contribution is 0.0955. The molecule has 0 saturated heterocycles. The molecule has 1 aromatic carbocycles. The van der Waals surface area contributed by atoms with E-state index in [9.17, 15) is 9.18 Å². The minimum Gasteiger partial charge on any atom is -0.352 e. The van der Waals surface area contributed by atoms with Gasteiger partial charge in [0.05, 0.1) is 6.21 Å². The zero-order valence-electron chi connectivity index (χ0n) is 11.6. The number of amides is 1. The highest BCUT2D eigenvalue weighted by molar-refractivity contribution is 5.94. The van der Waals surface area contributed by atoms with E-state index >= 15 is 0 Å². The van der Waals surface area contributed by atoms with E-state index in [1.54, 1.807) is 6.21 Å². The summed E-state index contributed by atoms with van der Waals surface area (Å²) in [6.45, 7) is 3.98. The highest BCUT2D eigenvalue weighted by Crippen LogP contribution is 2.10. The molecule has 0 aliphatic heterocycles. The Labute approximate surface area is 116 Å². The Hall–Kier alpha value is -2.43. The summed E-state index contributed by atoms with van der Waals surface area (Å²) < 4.78 is 14.8. The number of hydrogen-bond acceptors (Lipinski definition) is 2. The summed E-state index contributed by atoms with van der Waals surface area (Å²) in [5.41, 5.74) is 5.93. The van der Waals surface area contributed by atoms with Gasteiger partial charge in [-0.2, -0.15) is 5.10 Å². The fourth-order valence-electron chi connectivity index (χ4n) is 1.84. The second kappa shape index (κ2) is 5.69. The monoisotopic (exact) mass is 273 g/mol. The maximum atomic E-state index is 12.7. The van der Waals surface area contributed by atoms with Gasteiger partial charge in [0, 0.05) is 29.6 Å². The SMILES string of the molecule is Cc1cc(/C=N\NC(=O)c2ccc(F)cc2)c(C)n1C. The standard InChI is InChI=1S/C15H16FN3O/c1-10-8-13(11(2)19(10)3)9-17-18-15(20)12-4-6-14(16)7-5-12/h4-9H,1-3H3,(H,18,20)/b17-9-. The number of carbonyl (C=O) groups is 1. The predicted molar refractivity (Wildman–Crippen MR) is 76.3 cm³/mol. The first kappa shape index (κ1) is 14.0. The Morgan fingerprint density at radius 3 is 2.50 bits per heavy atom. The minimum absolute atomic E-state index is 0.365. The third kappa shape index (κ3) is 2.93. The van der Waals surface area contributed by atoms with Crippen molar-refractivity contribution in [2.75, 3.05) is 0 Å². The summed E-state index contributed by atoms with van der Waals surface area (Å²) in [5.74, 6) is -0.744. The van der Waals surface area contributed by atoms with Gasteiger partial charge in [-0.05, 0) is 44.2 Å². The van der Waals surface area contributed by atoms with E-state index in [1.165, 1.54) is 24.3 Å². The average molecular weight is 273 g/mol. The fourth-order valence-corrected chi connectivity index (χ4v) is 1.84. The zero-order valence-corrected chi connectivity index (χ0v) is 11.6. The van der Waals surface area contributed by atoms with Crippen molar-refractivity contribution in [1.29, 1.82) is 0 Å². The molecule has 0 fully saturated rings. The molecule has 0 aliphatic carbocycles. The second-order valence-electron chi connectivity index (χ2n) is 4.59. The summed E-state index contributed by atoms with van der Waals surface area (Å²) in [7, 11) is 1.97. The van der Waals surface area contributed by atoms with Crippen LogP contribution in [0.4, 0.5) is 4.39 Å². The Morgan fingerprint density at radius 2 is 1.95 bits per heavy atom. The summed E-state index contributed by atoms with van der Waals surface area (Å²) in [6, 6.07) is 7.30. The number of hydrogen-bond donors (Lipinski definition) is 1. The van der Waals surface area contributed by atoms with Crippen LogP contribution in [0, 0.1) is 19.7 Å². The molecule has 1 heterocycles. The van der Waals surface area contributed by atoms with Crippen molar-refractivity contribution in [3.8, 4) is 0 Å². The van der Waals surface area contributed by atoms with Gasteiger partial charge in [0.1, 0.15) is 5.82 Å². The maximum Gasteiger partial charge on any atom is 0.271 e. The molecule has 1 amide bonds. The van der Waals surface area contributed by atoms with E-state index < -0.39 is 0 Å². The van der Waals surface area contributed by atoms with E-state index in [1.807, 2.05) is 31.5 Å². The molecule has 0 saturated carbocycles. The summed E-state index contributed by atoms with van der Waals surface area (Å²) in [4.78, 5) is 11.8. The first-order chi connectivity index (χ1) is 9.49. The Morgan fingerprint density at radius 1 is 1.30 bits per heavy atom. The fraction of sp³-hybridized carbons (Fsp3) is 0.200. The van der Waals surface area contributed by atoms with Crippen LogP contribution in [0.5, 0.6) is 0 Å². The first-order valence-corrected chi connectivity index (χ1v) is 6.21. The Kier molecular flexibility index (Phi) is 3.98. The van der Waals surface area contributed by atoms with Crippen molar-refractivity contribution in [2.45, 2.75) is 13.8 Å². The summed E-state index contributed by atoms with van der Waals surface area (Å²) in [6.07, 6.45) is 1.60. The van der Waals surface area contributed by atoms with Gasteiger partial charge in [0.25, 0.3) is 5.91 Å². The van der Waals surface area contributed by atoms with E-state index in [-0.39, 0.29) is 11.7 Å². The number of aromatic nitrogens is 1. The molecule has 1 N–H and O–H groups in total. The van der Waals surface area contributed by atoms with Gasteiger partial charge in [0.2, 0.25) is 0 Å². The number of nitrogens with one attached hydrogen (secondary N) is 1. The molecule has 104 valence electrons. The smallest absolute Gasteiger partial charge is 0.271 e. The van der Waals surface area contributed by atoms with Crippen LogP contribution < -0.4 is 5.43 Å². The molecule has 2 rings (SSSR count). The molecular weight excluding hydrogens is 257 g/mol. The molecule has 5 heteroatoms. The Bertz CT molecular complexity index is 657. The largest absolute Gasteiger partial charge is 0.352 e. The lowest BCUT2D eigenvalue weighted by Crippen LogP contribution is -2.17. The highest BCUT2D eigenvalue weighted by Gasteiger charge is 2.05. The van der Waals surface area contributed by atoms with Crippen LogP contribution in [0.2, 0.25) is 0 Å².